The fraction of sp³-hybridized carbons (Fsp3) is 0.200. The van der Waals surface area contributed by atoms with Crippen molar-refractivity contribution in [2.24, 2.45) is 0 Å². The van der Waals surface area contributed by atoms with E-state index in [0.717, 1.165) is 8.95 Å². The van der Waals surface area contributed by atoms with Crippen LogP contribution in [-0.2, 0) is 8.85 Å². The van der Waals surface area contributed by atoms with Gasteiger partial charge in [-0.25, -0.2) is 0 Å². The van der Waals surface area contributed by atoms with Crippen molar-refractivity contribution in [3.8, 4) is 11.1 Å². The lowest BCUT2D eigenvalue weighted by Crippen LogP contribution is -2.50. The fourth-order valence-corrected chi connectivity index (χ4v) is 9.85. The molecule has 2 nitrogen and oxygen atoms in total. The Kier molecular flexibility index (Phi) is 7.29. The monoisotopic (exact) mass is 636 g/mol. The molecule has 0 unspecified atom stereocenters. The van der Waals surface area contributed by atoms with E-state index in [2.05, 4.69) is 155 Å². The van der Waals surface area contributed by atoms with Crippen LogP contribution in [0.5, 0.6) is 0 Å². The standard InChI is InChI=1S/C30H30Br2O2Si2/c1-35(2,23-11-7-5-8-12-23)33-29-27-19-21(31)15-17-25(27)26-18-16-22(32)20-28(26)30(29)34-36(3,4)24-13-9-6-10-14-24/h5-20,29-30H,1-4H3/t29-,30-/m0/s1. The Labute approximate surface area is 233 Å². The van der Waals surface area contributed by atoms with Crippen LogP contribution in [-0.4, -0.2) is 16.6 Å². The molecule has 1 aliphatic carbocycles. The Morgan fingerprint density at radius 1 is 0.528 bits per heavy atom. The second-order valence-corrected chi connectivity index (χ2v) is 19.8. The third-order valence-corrected chi connectivity index (χ3v) is 13.1. The molecule has 0 radical (unpaired) electrons. The minimum atomic E-state index is -2.28. The summed E-state index contributed by atoms with van der Waals surface area (Å²) < 4.78 is 16.6. The molecule has 184 valence electrons. The van der Waals surface area contributed by atoms with Crippen LogP contribution in [0.15, 0.2) is 106 Å². The first-order valence-corrected chi connectivity index (χ1v) is 19.6. The van der Waals surface area contributed by atoms with Crippen molar-refractivity contribution >= 4 is 58.9 Å². The summed E-state index contributed by atoms with van der Waals surface area (Å²) in [5.74, 6) is 0. The van der Waals surface area contributed by atoms with Crippen molar-refractivity contribution in [3.63, 3.8) is 0 Å². The Hall–Kier alpha value is -1.81. The van der Waals surface area contributed by atoms with E-state index in [1.807, 2.05) is 0 Å². The van der Waals surface area contributed by atoms with E-state index in [1.54, 1.807) is 0 Å². The van der Waals surface area contributed by atoms with Gasteiger partial charge in [-0.05, 0) is 83.1 Å². The second kappa shape index (κ2) is 10.2. The fourth-order valence-electron chi connectivity index (χ4n) is 5.06. The molecular weight excluding hydrogens is 608 g/mol. The van der Waals surface area contributed by atoms with Gasteiger partial charge in [0.2, 0.25) is 16.6 Å². The average molecular weight is 639 g/mol. The van der Waals surface area contributed by atoms with Crippen LogP contribution in [0.3, 0.4) is 0 Å². The van der Waals surface area contributed by atoms with Gasteiger partial charge in [0.15, 0.2) is 0 Å². The quantitative estimate of drug-likeness (QED) is 0.198. The number of hydrogen-bond donors (Lipinski definition) is 0. The molecule has 0 saturated heterocycles. The van der Waals surface area contributed by atoms with Gasteiger partial charge in [0, 0.05) is 8.95 Å². The molecule has 0 heterocycles. The Bertz CT molecular complexity index is 1270. The molecule has 5 rings (SSSR count). The van der Waals surface area contributed by atoms with Crippen molar-refractivity contribution in [2.45, 2.75) is 38.4 Å². The molecule has 0 spiro atoms. The molecule has 1 aliphatic rings. The summed E-state index contributed by atoms with van der Waals surface area (Å²) in [4.78, 5) is 0. The maximum Gasteiger partial charge on any atom is 0.219 e. The SMILES string of the molecule is C[Si](C)(O[C@H]1c2cc(Br)ccc2-c2ccc(Br)cc2[C@@H]1O[Si](C)(C)c1ccccc1)c1ccccc1. The van der Waals surface area contributed by atoms with Crippen molar-refractivity contribution in [3.05, 3.63) is 117 Å². The highest BCUT2D eigenvalue weighted by molar-refractivity contribution is 9.10. The van der Waals surface area contributed by atoms with E-state index in [4.69, 9.17) is 8.85 Å². The van der Waals surface area contributed by atoms with Gasteiger partial charge in [0.25, 0.3) is 0 Å². The lowest BCUT2D eigenvalue weighted by molar-refractivity contribution is 0.0429. The molecule has 0 aromatic heterocycles. The van der Waals surface area contributed by atoms with Crippen LogP contribution in [0.25, 0.3) is 11.1 Å². The summed E-state index contributed by atoms with van der Waals surface area (Å²) in [6, 6.07) is 34.4. The van der Waals surface area contributed by atoms with Crippen LogP contribution < -0.4 is 10.4 Å². The summed E-state index contributed by atoms with van der Waals surface area (Å²) in [6.45, 7) is 9.14. The molecular formula is C30H30Br2O2Si2. The number of hydrogen-bond acceptors (Lipinski definition) is 2. The van der Waals surface area contributed by atoms with Gasteiger partial charge < -0.3 is 8.85 Å². The Balaban J connectivity index is 1.67. The van der Waals surface area contributed by atoms with Gasteiger partial charge in [-0.2, -0.15) is 0 Å². The van der Waals surface area contributed by atoms with Gasteiger partial charge in [-0.3, -0.25) is 0 Å². The number of halogens is 2. The maximum absolute atomic E-state index is 7.24. The van der Waals surface area contributed by atoms with E-state index >= 15 is 0 Å². The van der Waals surface area contributed by atoms with Gasteiger partial charge in [0.1, 0.15) is 12.2 Å². The number of rotatable bonds is 6. The van der Waals surface area contributed by atoms with Gasteiger partial charge in [0.05, 0.1) is 0 Å². The molecule has 0 saturated carbocycles. The van der Waals surface area contributed by atoms with Gasteiger partial charge >= 0.3 is 0 Å². The van der Waals surface area contributed by atoms with Gasteiger partial charge in [-0.15, -0.1) is 0 Å². The van der Waals surface area contributed by atoms with E-state index in [9.17, 15) is 0 Å². The molecule has 36 heavy (non-hydrogen) atoms. The first-order valence-electron chi connectivity index (χ1n) is 12.2. The van der Waals surface area contributed by atoms with Crippen LogP contribution in [0, 0.1) is 0 Å². The van der Waals surface area contributed by atoms with E-state index < -0.39 is 16.6 Å². The zero-order valence-electron chi connectivity index (χ0n) is 21.0. The van der Waals surface area contributed by atoms with Crippen molar-refractivity contribution in [1.29, 1.82) is 0 Å². The Morgan fingerprint density at radius 2 is 0.889 bits per heavy atom. The van der Waals surface area contributed by atoms with Crippen molar-refractivity contribution in [1.82, 2.24) is 0 Å². The van der Waals surface area contributed by atoms with Crippen LogP contribution in [0.4, 0.5) is 0 Å². The first-order chi connectivity index (χ1) is 17.2. The normalized spacial score (nSPS) is 17.4. The number of fused-ring (bicyclic) bond motifs is 3. The summed E-state index contributed by atoms with van der Waals surface area (Å²) in [6.07, 6.45) is -0.451. The van der Waals surface area contributed by atoms with Gasteiger partial charge in [-0.1, -0.05) is 105 Å². The van der Waals surface area contributed by atoms with Crippen LogP contribution in [0.1, 0.15) is 23.3 Å². The third kappa shape index (κ3) is 5.12. The summed E-state index contributed by atoms with van der Waals surface area (Å²) in [7, 11) is -4.55. The summed E-state index contributed by atoms with van der Waals surface area (Å²) >= 11 is 7.46. The topological polar surface area (TPSA) is 18.5 Å². The highest BCUT2D eigenvalue weighted by Gasteiger charge is 2.43. The molecule has 2 atom stereocenters. The lowest BCUT2D eigenvalue weighted by Gasteiger charge is -2.42. The predicted octanol–water partition coefficient (Wildman–Crippen LogP) is 8.23. The number of benzene rings is 4. The molecule has 0 bridgehead atoms. The molecule has 0 N–H and O–H groups in total. The maximum atomic E-state index is 7.24. The summed E-state index contributed by atoms with van der Waals surface area (Å²) in [5.41, 5.74) is 4.78. The lowest BCUT2D eigenvalue weighted by atomic mass is 9.82. The van der Waals surface area contributed by atoms with E-state index in [0.29, 0.717) is 0 Å². The second-order valence-electron chi connectivity index (χ2n) is 10.3. The molecule has 0 amide bonds. The molecule has 4 aromatic carbocycles. The third-order valence-electron chi connectivity index (χ3n) is 6.99. The smallest absolute Gasteiger partial charge is 0.219 e. The largest absolute Gasteiger partial charge is 0.403 e. The molecule has 4 aromatic rings. The minimum Gasteiger partial charge on any atom is -0.403 e. The minimum absolute atomic E-state index is 0.225. The highest BCUT2D eigenvalue weighted by Crippen LogP contribution is 2.51. The van der Waals surface area contributed by atoms with E-state index in [1.165, 1.54) is 32.6 Å². The molecule has 0 aliphatic heterocycles. The first kappa shape index (κ1) is 25.8. The Morgan fingerprint density at radius 3 is 1.25 bits per heavy atom. The zero-order chi connectivity index (χ0) is 25.5. The molecule has 0 fully saturated rings. The summed E-state index contributed by atoms with van der Waals surface area (Å²) in [5, 5.41) is 2.56. The average Bonchev–Trinajstić information content (AvgIpc) is 2.87. The highest BCUT2D eigenvalue weighted by atomic mass is 79.9. The van der Waals surface area contributed by atoms with Crippen molar-refractivity contribution in [2.75, 3.05) is 0 Å². The van der Waals surface area contributed by atoms with Crippen LogP contribution >= 0.6 is 31.9 Å². The molecule has 6 heteroatoms. The zero-order valence-corrected chi connectivity index (χ0v) is 26.1. The van der Waals surface area contributed by atoms with Crippen molar-refractivity contribution < 1.29 is 8.85 Å². The van der Waals surface area contributed by atoms with E-state index in [-0.39, 0.29) is 12.2 Å². The predicted molar refractivity (Wildman–Crippen MR) is 162 cm³/mol. The van der Waals surface area contributed by atoms with Crippen LogP contribution in [0.2, 0.25) is 26.2 Å².